The van der Waals surface area contributed by atoms with Crippen molar-refractivity contribution in [3.63, 3.8) is 0 Å². The first-order valence-corrected chi connectivity index (χ1v) is 12.4. The molecule has 0 atom stereocenters. The van der Waals surface area contributed by atoms with Crippen molar-refractivity contribution in [3.8, 4) is 11.5 Å². The first-order valence-electron chi connectivity index (χ1n) is 12.4. The molecule has 0 aromatic heterocycles. The van der Waals surface area contributed by atoms with Gasteiger partial charge in [-0.25, -0.2) is 4.79 Å². The SMILES string of the molecule is COc1ccc(C2(c3ccc(OC)cc3)NC(=O)N(CC(=O)N(C3=CCCCC3)C3CC3)C2=O)cc1. The van der Waals surface area contributed by atoms with Gasteiger partial charge in [-0.15, -0.1) is 0 Å². The Morgan fingerprint density at radius 3 is 2.03 bits per heavy atom. The van der Waals surface area contributed by atoms with Gasteiger partial charge in [0.1, 0.15) is 18.0 Å². The van der Waals surface area contributed by atoms with Crippen molar-refractivity contribution in [3.05, 3.63) is 71.4 Å². The lowest BCUT2D eigenvalue weighted by Gasteiger charge is -2.30. The highest BCUT2D eigenvalue weighted by molar-refractivity contribution is 6.11. The molecule has 0 radical (unpaired) electrons. The number of hydrogen-bond acceptors (Lipinski definition) is 5. The second kappa shape index (κ2) is 9.68. The Morgan fingerprint density at radius 1 is 0.972 bits per heavy atom. The third-order valence-electron chi connectivity index (χ3n) is 7.20. The maximum absolute atomic E-state index is 14.1. The topological polar surface area (TPSA) is 88.2 Å². The van der Waals surface area contributed by atoms with Crippen LogP contribution in [0.5, 0.6) is 11.5 Å². The average molecular weight is 490 g/mol. The van der Waals surface area contributed by atoms with Crippen LogP contribution in [0.25, 0.3) is 0 Å². The summed E-state index contributed by atoms with van der Waals surface area (Å²) in [6.07, 6.45) is 8.00. The zero-order valence-electron chi connectivity index (χ0n) is 20.7. The molecule has 1 saturated heterocycles. The average Bonchev–Trinajstić information content (AvgIpc) is 3.72. The molecule has 0 unspecified atom stereocenters. The van der Waals surface area contributed by atoms with Gasteiger partial charge in [0.15, 0.2) is 5.54 Å². The van der Waals surface area contributed by atoms with Crippen molar-refractivity contribution in [2.45, 2.75) is 50.1 Å². The third kappa shape index (κ3) is 4.21. The van der Waals surface area contributed by atoms with Crippen LogP contribution in [-0.4, -0.2) is 54.5 Å². The lowest BCUT2D eigenvalue weighted by atomic mass is 9.82. The zero-order valence-corrected chi connectivity index (χ0v) is 20.7. The first kappa shape index (κ1) is 23.9. The van der Waals surface area contributed by atoms with E-state index in [1.54, 1.807) is 62.8 Å². The fraction of sp³-hybridized carbons (Fsp3) is 0.393. The summed E-state index contributed by atoms with van der Waals surface area (Å²) >= 11 is 0. The molecular weight excluding hydrogens is 458 g/mol. The maximum Gasteiger partial charge on any atom is 0.326 e. The lowest BCUT2D eigenvalue weighted by Crippen LogP contribution is -2.46. The number of nitrogens with one attached hydrogen (secondary N) is 1. The van der Waals surface area contributed by atoms with Crippen molar-refractivity contribution in [2.75, 3.05) is 20.8 Å². The highest BCUT2D eigenvalue weighted by Crippen LogP contribution is 2.38. The molecule has 1 heterocycles. The molecule has 2 aromatic carbocycles. The molecule has 1 aliphatic heterocycles. The van der Waals surface area contributed by atoms with Crippen LogP contribution in [0.4, 0.5) is 4.79 Å². The van der Waals surface area contributed by atoms with Crippen LogP contribution in [-0.2, 0) is 15.1 Å². The molecule has 8 nitrogen and oxygen atoms in total. The van der Waals surface area contributed by atoms with Gasteiger partial charge < -0.3 is 19.7 Å². The summed E-state index contributed by atoms with van der Waals surface area (Å²) < 4.78 is 10.6. The van der Waals surface area contributed by atoms with E-state index in [-0.39, 0.29) is 18.5 Å². The molecule has 2 fully saturated rings. The molecule has 188 valence electrons. The minimum atomic E-state index is -1.47. The van der Waals surface area contributed by atoms with E-state index in [1.807, 2.05) is 4.90 Å². The van der Waals surface area contributed by atoms with Crippen LogP contribution in [0.15, 0.2) is 60.3 Å². The quantitative estimate of drug-likeness (QED) is 0.568. The summed E-state index contributed by atoms with van der Waals surface area (Å²) in [5, 5.41) is 2.91. The van der Waals surface area contributed by atoms with E-state index >= 15 is 0 Å². The van der Waals surface area contributed by atoms with Gasteiger partial charge in [0.25, 0.3) is 5.91 Å². The third-order valence-corrected chi connectivity index (χ3v) is 7.20. The first-order chi connectivity index (χ1) is 17.5. The van der Waals surface area contributed by atoms with Gasteiger partial charge in [-0.1, -0.05) is 30.3 Å². The number of allylic oxidation sites excluding steroid dienone is 2. The van der Waals surface area contributed by atoms with Gasteiger partial charge in [0.2, 0.25) is 5.91 Å². The van der Waals surface area contributed by atoms with Crippen molar-refractivity contribution in [1.29, 1.82) is 0 Å². The summed E-state index contributed by atoms with van der Waals surface area (Å²) in [6.45, 7) is -0.299. The monoisotopic (exact) mass is 489 g/mol. The van der Waals surface area contributed by atoms with Gasteiger partial charge in [-0.3, -0.25) is 14.5 Å². The Bertz CT molecular complexity index is 1140. The van der Waals surface area contributed by atoms with Gasteiger partial charge in [-0.2, -0.15) is 0 Å². The highest BCUT2D eigenvalue weighted by atomic mass is 16.5. The lowest BCUT2D eigenvalue weighted by molar-refractivity contribution is -0.137. The fourth-order valence-electron chi connectivity index (χ4n) is 5.14. The summed E-state index contributed by atoms with van der Waals surface area (Å²) in [5.41, 5.74) is 0.716. The van der Waals surface area contributed by atoms with Crippen LogP contribution in [0.3, 0.4) is 0 Å². The molecule has 2 aromatic rings. The van der Waals surface area contributed by atoms with Crippen molar-refractivity contribution in [2.24, 2.45) is 0 Å². The van der Waals surface area contributed by atoms with Crippen LogP contribution < -0.4 is 14.8 Å². The number of benzene rings is 2. The Hall–Kier alpha value is -3.81. The fourth-order valence-corrected chi connectivity index (χ4v) is 5.14. The maximum atomic E-state index is 14.1. The molecule has 5 rings (SSSR count). The molecule has 2 aliphatic carbocycles. The van der Waals surface area contributed by atoms with Crippen LogP contribution in [0.2, 0.25) is 0 Å². The number of carbonyl (C=O) groups is 3. The van der Waals surface area contributed by atoms with E-state index in [2.05, 4.69) is 11.4 Å². The Kier molecular flexibility index (Phi) is 6.43. The number of hydrogen-bond donors (Lipinski definition) is 1. The normalized spacial score (nSPS) is 18.9. The van der Waals surface area contributed by atoms with Gasteiger partial charge in [0, 0.05) is 11.7 Å². The molecule has 1 N–H and O–H groups in total. The number of methoxy groups -OCH3 is 2. The second-order valence-corrected chi connectivity index (χ2v) is 9.46. The van der Waals surface area contributed by atoms with Crippen molar-refractivity contribution < 1.29 is 23.9 Å². The van der Waals surface area contributed by atoms with Crippen LogP contribution >= 0.6 is 0 Å². The number of carbonyl (C=O) groups excluding carboxylic acids is 3. The zero-order chi connectivity index (χ0) is 25.3. The summed E-state index contributed by atoms with van der Waals surface area (Å²) in [5.74, 6) is 0.570. The summed E-state index contributed by atoms with van der Waals surface area (Å²) in [6, 6.07) is 13.6. The number of imide groups is 1. The van der Waals surface area contributed by atoms with E-state index in [1.165, 1.54) is 0 Å². The number of nitrogens with zero attached hydrogens (tertiary/aromatic N) is 2. The summed E-state index contributed by atoms with van der Waals surface area (Å²) in [4.78, 5) is 43.7. The van der Waals surface area contributed by atoms with Crippen LogP contribution in [0.1, 0.15) is 49.7 Å². The molecule has 8 heteroatoms. The van der Waals surface area contributed by atoms with Gasteiger partial charge in [-0.05, 0) is 73.9 Å². The number of urea groups is 1. The van der Waals surface area contributed by atoms with E-state index < -0.39 is 17.5 Å². The van der Waals surface area contributed by atoms with Crippen molar-refractivity contribution >= 4 is 17.8 Å². The molecular formula is C28H31N3O5. The molecule has 36 heavy (non-hydrogen) atoms. The Labute approximate surface area is 210 Å². The van der Waals surface area contributed by atoms with E-state index in [0.717, 1.165) is 49.1 Å². The Balaban J connectivity index is 1.49. The standard InChI is InChI=1S/C28H31N3O5/c1-35-23-14-8-19(9-15-23)28(20-10-16-24(36-2)17-11-20)26(33)30(27(34)29-28)18-25(32)31(22-12-13-22)21-6-4-3-5-7-21/h6,8-11,14-17,22H,3-5,7,12-13,18H2,1-2H3,(H,29,34). The van der Waals surface area contributed by atoms with Crippen LogP contribution in [0, 0.1) is 0 Å². The molecule has 3 aliphatic rings. The van der Waals surface area contributed by atoms with Gasteiger partial charge >= 0.3 is 6.03 Å². The van der Waals surface area contributed by atoms with E-state index in [4.69, 9.17) is 9.47 Å². The summed E-state index contributed by atoms with van der Waals surface area (Å²) in [7, 11) is 3.13. The minimum absolute atomic E-state index is 0.163. The minimum Gasteiger partial charge on any atom is -0.497 e. The van der Waals surface area contributed by atoms with E-state index in [0.29, 0.717) is 22.6 Å². The predicted octanol–water partition coefficient (Wildman–Crippen LogP) is 3.95. The molecule has 0 spiro atoms. The largest absolute Gasteiger partial charge is 0.497 e. The number of amides is 4. The van der Waals surface area contributed by atoms with Gasteiger partial charge in [0.05, 0.1) is 14.2 Å². The van der Waals surface area contributed by atoms with E-state index in [9.17, 15) is 14.4 Å². The number of rotatable bonds is 8. The van der Waals surface area contributed by atoms with Crippen molar-refractivity contribution in [1.82, 2.24) is 15.1 Å². The predicted molar refractivity (Wildman–Crippen MR) is 133 cm³/mol. The molecule has 0 bridgehead atoms. The molecule has 4 amide bonds. The molecule has 1 saturated carbocycles. The number of ether oxygens (including phenoxy) is 2. The smallest absolute Gasteiger partial charge is 0.326 e. The second-order valence-electron chi connectivity index (χ2n) is 9.46. The Morgan fingerprint density at radius 2 is 1.56 bits per heavy atom. The highest BCUT2D eigenvalue weighted by Gasteiger charge is 2.54.